The largest absolute Gasteiger partial charge is 0.491 e. The maximum Gasteiger partial charge on any atom is 0.243 e. The number of halogens is 1. The molecule has 0 aliphatic rings. The van der Waals surface area contributed by atoms with Gasteiger partial charge in [0, 0.05) is 5.02 Å². The van der Waals surface area contributed by atoms with Gasteiger partial charge in [-0.15, -0.1) is 0 Å². The summed E-state index contributed by atoms with van der Waals surface area (Å²) in [5.74, 6) is 0.344. The van der Waals surface area contributed by atoms with Gasteiger partial charge in [-0.2, -0.15) is 0 Å². The lowest BCUT2D eigenvalue weighted by atomic mass is 10.1. The van der Waals surface area contributed by atoms with Gasteiger partial charge in [-0.25, -0.2) is 8.42 Å². The van der Waals surface area contributed by atoms with Crippen LogP contribution in [0.2, 0.25) is 5.02 Å². The van der Waals surface area contributed by atoms with Gasteiger partial charge in [-0.1, -0.05) is 29.3 Å². The fraction of sp³-hybridized carbons (Fsp3) is 0.350. The molecule has 2 aromatic carbocycles. The second kappa shape index (κ2) is 9.30. The summed E-state index contributed by atoms with van der Waals surface area (Å²) in [6, 6.07) is 11.2. The molecule has 0 saturated carbocycles. The third kappa shape index (κ3) is 5.87. The zero-order chi connectivity index (χ0) is 20.9. The van der Waals surface area contributed by atoms with Crippen LogP contribution in [0.4, 0.5) is 5.69 Å². The Hall–Kier alpha value is -2.25. The van der Waals surface area contributed by atoms with Crippen LogP contribution >= 0.6 is 11.6 Å². The Morgan fingerprint density at radius 2 is 1.82 bits per heavy atom. The molecular formula is C20H25ClN2O4S. The van der Waals surface area contributed by atoms with E-state index in [9.17, 15) is 13.2 Å². The van der Waals surface area contributed by atoms with Gasteiger partial charge >= 0.3 is 0 Å². The molecule has 0 aliphatic carbocycles. The molecule has 152 valence electrons. The van der Waals surface area contributed by atoms with Crippen molar-refractivity contribution in [2.45, 2.75) is 26.8 Å². The number of amides is 1. The Labute approximate surface area is 171 Å². The van der Waals surface area contributed by atoms with Gasteiger partial charge in [0.1, 0.15) is 18.4 Å². The molecule has 2 rings (SSSR count). The number of nitrogens with one attached hydrogen (secondary N) is 1. The Morgan fingerprint density at radius 3 is 2.39 bits per heavy atom. The molecule has 2 aromatic rings. The summed E-state index contributed by atoms with van der Waals surface area (Å²) in [6.07, 6.45) is 1.06. The third-order valence-electron chi connectivity index (χ3n) is 4.16. The number of carbonyl (C=O) groups is 1. The number of hydrogen-bond acceptors (Lipinski definition) is 4. The normalized spacial score (nSPS) is 12.3. The van der Waals surface area contributed by atoms with Gasteiger partial charge in [-0.05, 0) is 56.7 Å². The number of ether oxygens (including phenoxy) is 1. The molecule has 0 aromatic heterocycles. The van der Waals surface area contributed by atoms with E-state index in [4.69, 9.17) is 16.3 Å². The van der Waals surface area contributed by atoms with Crippen LogP contribution in [0.15, 0.2) is 42.5 Å². The number of sulfonamides is 1. The van der Waals surface area contributed by atoms with Crippen molar-refractivity contribution in [3.05, 3.63) is 58.6 Å². The highest BCUT2D eigenvalue weighted by Crippen LogP contribution is 2.23. The van der Waals surface area contributed by atoms with Crippen LogP contribution in [0.5, 0.6) is 5.75 Å². The minimum atomic E-state index is -3.66. The number of benzene rings is 2. The smallest absolute Gasteiger partial charge is 0.243 e. The Morgan fingerprint density at radius 1 is 1.18 bits per heavy atom. The quantitative estimate of drug-likeness (QED) is 0.659. The molecule has 0 unspecified atom stereocenters. The molecule has 1 amide bonds. The van der Waals surface area contributed by atoms with Gasteiger partial charge in [0.15, 0.2) is 0 Å². The van der Waals surface area contributed by atoms with Crippen molar-refractivity contribution >= 4 is 33.2 Å². The van der Waals surface area contributed by atoms with E-state index in [1.165, 1.54) is 6.92 Å². The maximum absolute atomic E-state index is 12.5. The predicted molar refractivity (Wildman–Crippen MR) is 113 cm³/mol. The van der Waals surface area contributed by atoms with Crippen LogP contribution < -0.4 is 14.4 Å². The number of nitrogens with zero attached hydrogens (tertiary/aromatic N) is 1. The van der Waals surface area contributed by atoms with Crippen molar-refractivity contribution < 1.29 is 17.9 Å². The zero-order valence-electron chi connectivity index (χ0n) is 16.4. The summed E-state index contributed by atoms with van der Waals surface area (Å²) in [5.41, 5.74) is 2.54. The molecule has 1 atom stereocenters. The summed E-state index contributed by atoms with van der Waals surface area (Å²) in [4.78, 5) is 12.5. The second-order valence-corrected chi connectivity index (χ2v) is 8.92. The molecule has 0 aliphatic heterocycles. The zero-order valence-corrected chi connectivity index (χ0v) is 18.0. The van der Waals surface area contributed by atoms with Crippen molar-refractivity contribution in [1.82, 2.24) is 5.32 Å². The minimum absolute atomic E-state index is 0.259. The third-order valence-corrected chi connectivity index (χ3v) is 5.65. The van der Waals surface area contributed by atoms with Crippen molar-refractivity contribution in [2.75, 3.05) is 23.7 Å². The number of carbonyl (C=O) groups excluding carboxylic acids is 1. The molecule has 0 heterocycles. The lowest BCUT2D eigenvalue weighted by Gasteiger charge is -2.28. The second-order valence-electron chi connectivity index (χ2n) is 6.62. The van der Waals surface area contributed by atoms with Crippen molar-refractivity contribution in [3.8, 4) is 5.75 Å². The average molecular weight is 425 g/mol. The van der Waals surface area contributed by atoms with E-state index in [0.29, 0.717) is 10.7 Å². The number of hydrogen-bond donors (Lipinski definition) is 1. The van der Waals surface area contributed by atoms with E-state index < -0.39 is 22.0 Å². The first-order valence-corrected chi connectivity index (χ1v) is 11.0. The lowest BCUT2D eigenvalue weighted by Crippen LogP contribution is -2.48. The first-order chi connectivity index (χ1) is 13.1. The van der Waals surface area contributed by atoms with E-state index in [1.807, 2.05) is 32.0 Å². The summed E-state index contributed by atoms with van der Waals surface area (Å²) in [6.45, 7) is 6.04. The van der Waals surface area contributed by atoms with Crippen molar-refractivity contribution in [2.24, 2.45) is 0 Å². The first-order valence-electron chi connectivity index (χ1n) is 8.82. The van der Waals surface area contributed by atoms with Crippen LogP contribution in [0.3, 0.4) is 0 Å². The molecule has 0 bridgehead atoms. The van der Waals surface area contributed by atoms with Gasteiger partial charge in [-0.3, -0.25) is 9.10 Å². The fourth-order valence-corrected chi connectivity index (χ4v) is 4.14. The SMILES string of the molecule is Cc1ccc(OCCNC(=O)[C@H](C)N(c2ccc(Cl)cc2)S(C)(=O)=O)c(C)c1. The first kappa shape index (κ1) is 22.0. The van der Waals surface area contributed by atoms with Gasteiger partial charge < -0.3 is 10.1 Å². The van der Waals surface area contributed by atoms with E-state index in [1.54, 1.807) is 24.3 Å². The van der Waals surface area contributed by atoms with Crippen LogP contribution in [-0.2, 0) is 14.8 Å². The monoisotopic (exact) mass is 424 g/mol. The predicted octanol–water partition coefficient (Wildman–Crippen LogP) is 3.31. The highest BCUT2D eigenvalue weighted by molar-refractivity contribution is 7.92. The molecule has 0 radical (unpaired) electrons. The van der Waals surface area contributed by atoms with E-state index in [2.05, 4.69) is 5.32 Å². The fourth-order valence-electron chi connectivity index (χ4n) is 2.84. The number of anilines is 1. The van der Waals surface area contributed by atoms with Crippen LogP contribution in [-0.4, -0.2) is 39.8 Å². The summed E-state index contributed by atoms with van der Waals surface area (Å²) >= 11 is 5.87. The van der Waals surface area contributed by atoms with Crippen LogP contribution in [0, 0.1) is 13.8 Å². The Kier molecular flexibility index (Phi) is 7.32. The maximum atomic E-state index is 12.5. The van der Waals surface area contributed by atoms with E-state index in [0.717, 1.165) is 27.4 Å². The van der Waals surface area contributed by atoms with Crippen LogP contribution in [0.25, 0.3) is 0 Å². The lowest BCUT2D eigenvalue weighted by molar-refractivity contribution is -0.121. The van der Waals surface area contributed by atoms with Crippen LogP contribution in [0.1, 0.15) is 18.1 Å². The molecule has 0 fully saturated rings. The minimum Gasteiger partial charge on any atom is -0.491 e. The molecule has 0 spiro atoms. The molecular weight excluding hydrogens is 400 g/mol. The molecule has 1 N–H and O–H groups in total. The van der Waals surface area contributed by atoms with Gasteiger partial charge in [0.05, 0.1) is 18.5 Å². The molecule has 0 saturated heterocycles. The topological polar surface area (TPSA) is 75.7 Å². The molecule has 8 heteroatoms. The van der Waals surface area contributed by atoms with E-state index in [-0.39, 0.29) is 13.2 Å². The van der Waals surface area contributed by atoms with Gasteiger partial charge in [0.2, 0.25) is 15.9 Å². The number of aryl methyl sites for hydroxylation is 2. The summed E-state index contributed by atoms with van der Waals surface area (Å²) in [5, 5.41) is 3.21. The van der Waals surface area contributed by atoms with Crippen molar-refractivity contribution in [3.63, 3.8) is 0 Å². The Bertz CT molecular complexity index is 930. The number of rotatable bonds is 8. The summed E-state index contributed by atoms with van der Waals surface area (Å²) in [7, 11) is -3.66. The highest BCUT2D eigenvalue weighted by Gasteiger charge is 2.28. The van der Waals surface area contributed by atoms with Crippen molar-refractivity contribution in [1.29, 1.82) is 0 Å². The summed E-state index contributed by atoms with van der Waals surface area (Å²) < 4.78 is 31.2. The van der Waals surface area contributed by atoms with Gasteiger partial charge in [0.25, 0.3) is 0 Å². The Balaban J connectivity index is 1.98. The average Bonchev–Trinajstić information content (AvgIpc) is 2.60. The molecule has 28 heavy (non-hydrogen) atoms. The standard InChI is InChI=1S/C20H25ClN2O4S/c1-14-5-10-19(15(2)13-14)27-12-11-22-20(24)16(3)23(28(4,25)26)18-8-6-17(21)7-9-18/h5-10,13,16H,11-12H2,1-4H3,(H,22,24)/t16-/m0/s1. The molecule has 6 nitrogen and oxygen atoms in total. The van der Waals surface area contributed by atoms with E-state index >= 15 is 0 Å². The highest BCUT2D eigenvalue weighted by atomic mass is 35.5.